The van der Waals surface area contributed by atoms with Crippen molar-refractivity contribution in [1.29, 1.82) is 0 Å². The third kappa shape index (κ3) is 6.38. The van der Waals surface area contributed by atoms with E-state index in [4.69, 9.17) is 4.42 Å². The van der Waals surface area contributed by atoms with E-state index in [1.165, 1.54) is 6.26 Å². The Balaban J connectivity index is 1.51. The van der Waals surface area contributed by atoms with Crippen LogP contribution < -0.4 is 20.1 Å². The zero-order chi connectivity index (χ0) is 32.7. The van der Waals surface area contributed by atoms with E-state index in [2.05, 4.69) is 9.62 Å². The number of fused-ring (bicyclic) bond motifs is 2. The van der Waals surface area contributed by atoms with Crippen molar-refractivity contribution in [2.45, 2.75) is 47.3 Å². The molecule has 0 saturated heterocycles. The fourth-order valence-electron chi connectivity index (χ4n) is 5.92. The van der Waals surface area contributed by atoms with Gasteiger partial charge >= 0.3 is 0 Å². The standard InChI is InChI=1S/C33H39N5O6S/c1-7-38-27-13-12-23(18-28(27)35(5)31(40)33(3,4)32(38)41)20-36(21-24-10-8-9-11-26(24)34-45(6,42)43)15-16-37-19-22(2)29-25(30(37)39)14-17-44-29/h8-14,17-19,34H,7,15-16,20-21H2,1-6H3. The van der Waals surface area contributed by atoms with Gasteiger partial charge in [-0.15, -0.1) is 0 Å². The van der Waals surface area contributed by atoms with Crippen molar-refractivity contribution in [2.75, 3.05) is 40.9 Å². The van der Waals surface area contributed by atoms with Crippen molar-refractivity contribution >= 4 is 49.9 Å². The number of anilines is 3. The van der Waals surface area contributed by atoms with Gasteiger partial charge < -0.3 is 18.8 Å². The number of hydrogen-bond donors (Lipinski definition) is 1. The van der Waals surface area contributed by atoms with E-state index in [-0.39, 0.29) is 17.4 Å². The molecule has 0 fully saturated rings. The van der Waals surface area contributed by atoms with Crippen molar-refractivity contribution in [1.82, 2.24) is 9.47 Å². The quantitative estimate of drug-likeness (QED) is 0.258. The fraction of sp³-hybridized carbons (Fsp3) is 0.364. The fourth-order valence-corrected chi connectivity index (χ4v) is 6.52. The molecule has 12 heteroatoms. The first-order valence-corrected chi connectivity index (χ1v) is 16.7. The van der Waals surface area contributed by atoms with Gasteiger partial charge in [-0.25, -0.2) is 8.42 Å². The maximum absolute atomic E-state index is 13.4. The molecule has 2 amide bonds. The summed E-state index contributed by atoms with van der Waals surface area (Å²) in [7, 11) is -1.83. The third-order valence-electron chi connectivity index (χ3n) is 8.26. The lowest BCUT2D eigenvalue weighted by Gasteiger charge is -2.27. The molecule has 3 heterocycles. The van der Waals surface area contributed by atoms with Gasteiger partial charge in [0.05, 0.1) is 35.0 Å². The number of pyridine rings is 1. The van der Waals surface area contributed by atoms with E-state index in [1.807, 2.05) is 44.2 Å². The first kappa shape index (κ1) is 32.0. The molecule has 2 aromatic carbocycles. The van der Waals surface area contributed by atoms with E-state index in [0.717, 1.165) is 22.9 Å². The summed E-state index contributed by atoms with van der Waals surface area (Å²) in [5.74, 6) is -0.538. The summed E-state index contributed by atoms with van der Waals surface area (Å²) in [4.78, 5) is 45.3. The summed E-state index contributed by atoms with van der Waals surface area (Å²) in [6, 6.07) is 14.6. The zero-order valence-electron chi connectivity index (χ0n) is 26.5. The van der Waals surface area contributed by atoms with Crippen LogP contribution in [0.1, 0.15) is 37.5 Å². The maximum atomic E-state index is 13.4. The number of amides is 2. The van der Waals surface area contributed by atoms with Crippen molar-refractivity contribution in [2.24, 2.45) is 5.41 Å². The van der Waals surface area contributed by atoms with Gasteiger partial charge in [-0.05, 0) is 63.1 Å². The van der Waals surface area contributed by atoms with Crippen LogP contribution in [-0.2, 0) is 39.2 Å². The van der Waals surface area contributed by atoms with Gasteiger partial charge in [0.2, 0.25) is 21.8 Å². The van der Waals surface area contributed by atoms with Crippen LogP contribution in [-0.4, -0.2) is 56.1 Å². The highest BCUT2D eigenvalue weighted by Crippen LogP contribution is 2.39. The molecule has 4 aromatic rings. The number of aryl methyl sites for hydroxylation is 1. The topological polar surface area (TPSA) is 125 Å². The number of carbonyl (C=O) groups is 2. The Kier molecular flexibility index (Phi) is 8.65. The predicted molar refractivity (Wildman–Crippen MR) is 176 cm³/mol. The van der Waals surface area contributed by atoms with Crippen LogP contribution >= 0.6 is 0 Å². The summed E-state index contributed by atoms with van der Waals surface area (Å²) in [5, 5.41) is 0.514. The largest absolute Gasteiger partial charge is 0.464 e. The number of para-hydroxylation sites is 1. The van der Waals surface area contributed by atoms with E-state index in [9.17, 15) is 22.8 Å². The van der Waals surface area contributed by atoms with Gasteiger partial charge in [-0.2, -0.15) is 0 Å². The Labute approximate surface area is 263 Å². The molecular weight excluding hydrogens is 594 g/mol. The second-order valence-corrected chi connectivity index (χ2v) is 13.8. The average molecular weight is 634 g/mol. The SMILES string of the molecule is CCN1C(=O)C(C)(C)C(=O)N(C)c2cc(CN(CCn3cc(C)c4occc4c3=O)Cc3ccccc3NS(C)(=O)=O)ccc21. The molecule has 0 aliphatic carbocycles. The highest BCUT2D eigenvalue weighted by molar-refractivity contribution is 7.92. The van der Waals surface area contributed by atoms with Crippen LogP contribution in [0, 0.1) is 12.3 Å². The van der Waals surface area contributed by atoms with Crippen LogP contribution in [0.2, 0.25) is 0 Å². The molecule has 11 nitrogen and oxygen atoms in total. The van der Waals surface area contributed by atoms with Crippen LogP contribution in [0.15, 0.2) is 70.2 Å². The third-order valence-corrected chi connectivity index (χ3v) is 8.85. The summed E-state index contributed by atoms with van der Waals surface area (Å²) in [5.41, 5.74) is 3.48. The lowest BCUT2D eigenvalue weighted by Crippen LogP contribution is -2.47. The van der Waals surface area contributed by atoms with Crippen molar-refractivity contribution in [3.05, 3.63) is 88.0 Å². The maximum Gasteiger partial charge on any atom is 0.261 e. The number of nitrogens with one attached hydrogen (secondary N) is 1. The molecule has 45 heavy (non-hydrogen) atoms. The molecule has 0 bridgehead atoms. The minimum atomic E-state index is -3.51. The number of aromatic nitrogens is 1. The van der Waals surface area contributed by atoms with E-state index in [0.29, 0.717) is 60.8 Å². The Morgan fingerprint density at radius 2 is 1.71 bits per heavy atom. The van der Waals surface area contributed by atoms with Crippen LogP contribution in [0.4, 0.5) is 17.1 Å². The van der Waals surface area contributed by atoms with E-state index < -0.39 is 15.4 Å². The molecule has 5 rings (SSSR count). The molecular formula is C33H39N5O6S. The summed E-state index contributed by atoms with van der Waals surface area (Å²) < 4.78 is 34.0. The van der Waals surface area contributed by atoms with Crippen LogP contribution in [0.5, 0.6) is 0 Å². The second-order valence-electron chi connectivity index (χ2n) is 12.1. The molecule has 1 aliphatic heterocycles. The Bertz CT molecular complexity index is 1940. The minimum absolute atomic E-state index is 0.152. The first-order valence-electron chi connectivity index (χ1n) is 14.8. The number of furan rings is 1. The highest BCUT2D eigenvalue weighted by Gasteiger charge is 2.45. The van der Waals surface area contributed by atoms with Crippen molar-refractivity contribution < 1.29 is 22.4 Å². The molecule has 238 valence electrons. The molecule has 1 N–H and O–H groups in total. The normalized spacial score (nSPS) is 15.1. The second kappa shape index (κ2) is 12.2. The zero-order valence-corrected chi connectivity index (χ0v) is 27.3. The number of benzene rings is 2. The molecule has 0 saturated carbocycles. The lowest BCUT2D eigenvalue weighted by molar-refractivity contribution is -0.137. The van der Waals surface area contributed by atoms with Gasteiger partial charge in [0.25, 0.3) is 5.56 Å². The number of hydrogen-bond acceptors (Lipinski definition) is 7. The van der Waals surface area contributed by atoms with Gasteiger partial charge in [0.15, 0.2) is 0 Å². The minimum Gasteiger partial charge on any atom is -0.464 e. The number of sulfonamides is 1. The van der Waals surface area contributed by atoms with E-state index in [1.54, 1.807) is 59.7 Å². The van der Waals surface area contributed by atoms with Crippen LogP contribution in [0.3, 0.4) is 0 Å². The van der Waals surface area contributed by atoms with Gasteiger partial charge in [-0.3, -0.25) is 24.0 Å². The Hall–Kier alpha value is -4.42. The molecule has 2 aromatic heterocycles. The van der Waals surface area contributed by atoms with Gasteiger partial charge in [-0.1, -0.05) is 24.3 Å². The van der Waals surface area contributed by atoms with Crippen molar-refractivity contribution in [3.8, 4) is 0 Å². The Morgan fingerprint density at radius 3 is 2.42 bits per heavy atom. The molecule has 0 spiro atoms. The molecule has 0 radical (unpaired) electrons. The average Bonchev–Trinajstić information content (AvgIpc) is 3.48. The summed E-state index contributed by atoms with van der Waals surface area (Å²) in [6.45, 7) is 9.12. The predicted octanol–water partition coefficient (Wildman–Crippen LogP) is 4.33. The Morgan fingerprint density at radius 1 is 0.978 bits per heavy atom. The highest BCUT2D eigenvalue weighted by atomic mass is 32.2. The van der Waals surface area contributed by atoms with Crippen molar-refractivity contribution in [3.63, 3.8) is 0 Å². The van der Waals surface area contributed by atoms with Crippen LogP contribution in [0.25, 0.3) is 11.0 Å². The summed E-state index contributed by atoms with van der Waals surface area (Å²) >= 11 is 0. The number of nitrogens with zero attached hydrogens (tertiary/aromatic N) is 4. The van der Waals surface area contributed by atoms with Gasteiger partial charge in [0, 0.05) is 51.5 Å². The summed E-state index contributed by atoms with van der Waals surface area (Å²) in [6.07, 6.45) is 4.41. The number of carbonyl (C=O) groups excluding carboxylic acids is 2. The lowest BCUT2D eigenvalue weighted by atomic mass is 9.90. The van der Waals surface area contributed by atoms with Gasteiger partial charge in [0.1, 0.15) is 11.0 Å². The molecule has 1 aliphatic rings. The first-order chi connectivity index (χ1) is 21.2. The smallest absolute Gasteiger partial charge is 0.261 e. The molecule has 0 unspecified atom stereocenters. The number of rotatable bonds is 10. The monoisotopic (exact) mass is 633 g/mol. The molecule has 0 atom stereocenters. The van der Waals surface area contributed by atoms with E-state index >= 15 is 0 Å².